The molecule has 4 heteroatoms. The molecule has 106 valence electrons. The second-order valence-electron chi connectivity index (χ2n) is 4.83. The van der Waals surface area contributed by atoms with Gasteiger partial charge in [0.25, 0.3) is 0 Å². The maximum Gasteiger partial charge on any atom is 0.219 e. The highest BCUT2D eigenvalue weighted by Crippen LogP contribution is 2.29. The average Bonchev–Trinajstić information content (AvgIpc) is 2.43. The summed E-state index contributed by atoms with van der Waals surface area (Å²) < 4.78 is 5.31. The number of carbonyl (C=O) groups is 1. The minimum atomic E-state index is -0.695. The van der Waals surface area contributed by atoms with Gasteiger partial charge in [-0.1, -0.05) is 26.8 Å². The van der Waals surface area contributed by atoms with Gasteiger partial charge in [0.05, 0.1) is 13.2 Å². The Labute approximate surface area is 114 Å². The maximum absolute atomic E-state index is 11.2. The van der Waals surface area contributed by atoms with Gasteiger partial charge in [-0.3, -0.25) is 4.79 Å². The highest BCUT2D eigenvalue weighted by atomic mass is 16.5. The third kappa shape index (κ3) is 4.24. The molecule has 1 aromatic carbocycles. The Morgan fingerprint density at radius 3 is 2.63 bits per heavy atom. The zero-order valence-corrected chi connectivity index (χ0v) is 12.1. The van der Waals surface area contributed by atoms with Crippen molar-refractivity contribution in [2.75, 3.05) is 13.7 Å². The molecule has 0 saturated carbocycles. The molecule has 0 fully saturated rings. The highest BCUT2D eigenvalue weighted by molar-refractivity contribution is 5.75. The van der Waals surface area contributed by atoms with E-state index in [0.717, 1.165) is 16.9 Å². The number of aliphatic hydroxyl groups excluding tert-OH is 1. The molecule has 1 unspecified atom stereocenters. The zero-order valence-electron chi connectivity index (χ0n) is 12.1. The number of aliphatic hydroxyl groups is 1. The molecular formula is C15H23NO3. The van der Waals surface area contributed by atoms with Crippen molar-refractivity contribution in [3.63, 3.8) is 0 Å². The van der Waals surface area contributed by atoms with Crippen LogP contribution in [-0.2, 0) is 4.79 Å². The first kappa shape index (κ1) is 15.5. The monoisotopic (exact) mass is 265 g/mol. The Balaban J connectivity index is 2.83. The van der Waals surface area contributed by atoms with Gasteiger partial charge in [0.2, 0.25) is 5.91 Å². The molecule has 0 spiro atoms. The van der Waals surface area contributed by atoms with Crippen molar-refractivity contribution < 1.29 is 14.6 Å². The lowest BCUT2D eigenvalue weighted by molar-refractivity contribution is -0.121. The number of carbonyl (C=O) groups excluding carboxylic acids is 1. The van der Waals surface area contributed by atoms with Crippen molar-refractivity contribution >= 4 is 5.91 Å². The largest absolute Gasteiger partial charge is 0.496 e. The third-order valence-electron chi connectivity index (χ3n) is 3.07. The van der Waals surface area contributed by atoms with Gasteiger partial charge >= 0.3 is 0 Å². The SMILES string of the molecule is CCC(=O)NCC(O)c1ccc(OC)c(C(C)C)c1. The second kappa shape index (κ2) is 7.14. The number of benzene rings is 1. The Bertz CT molecular complexity index is 429. The van der Waals surface area contributed by atoms with Gasteiger partial charge in [0.15, 0.2) is 0 Å². The van der Waals surface area contributed by atoms with Gasteiger partial charge < -0.3 is 15.2 Å². The molecule has 0 aliphatic rings. The molecular weight excluding hydrogens is 242 g/mol. The summed E-state index contributed by atoms with van der Waals surface area (Å²) in [4.78, 5) is 11.2. The van der Waals surface area contributed by atoms with E-state index in [-0.39, 0.29) is 12.5 Å². The molecule has 1 amide bonds. The van der Waals surface area contributed by atoms with Crippen LogP contribution in [0.25, 0.3) is 0 Å². The lowest BCUT2D eigenvalue weighted by Gasteiger charge is -2.17. The summed E-state index contributed by atoms with van der Waals surface area (Å²) in [7, 11) is 1.64. The third-order valence-corrected chi connectivity index (χ3v) is 3.07. The van der Waals surface area contributed by atoms with Crippen LogP contribution in [0.3, 0.4) is 0 Å². The van der Waals surface area contributed by atoms with Crippen LogP contribution in [0.15, 0.2) is 18.2 Å². The molecule has 2 N–H and O–H groups in total. The first-order valence-corrected chi connectivity index (χ1v) is 6.62. The minimum Gasteiger partial charge on any atom is -0.496 e. The van der Waals surface area contributed by atoms with E-state index in [1.165, 1.54) is 0 Å². The summed E-state index contributed by atoms with van der Waals surface area (Å²) in [6.07, 6.45) is -0.272. The first-order valence-electron chi connectivity index (χ1n) is 6.62. The van der Waals surface area contributed by atoms with Gasteiger partial charge in [-0.2, -0.15) is 0 Å². The van der Waals surface area contributed by atoms with Gasteiger partial charge in [-0.15, -0.1) is 0 Å². The smallest absolute Gasteiger partial charge is 0.219 e. The van der Waals surface area contributed by atoms with Crippen molar-refractivity contribution in [1.29, 1.82) is 0 Å². The van der Waals surface area contributed by atoms with Crippen LogP contribution < -0.4 is 10.1 Å². The molecule has 0 bridgehead atoms. The molecule has 0 saturated heterocycles. The fourth-order valence-electron chi connectivity index (χ4n) is 1.86. The van der Waals surface area contributed by atoms with Crippen LogP contribution in [0, 0.1) is 0 Å². The van der Waals surface area contributed by atoms with Crippen LogP contribution in [0.1, 0.15) is 50.3 Å². The number of ether oxygens (including phenoxy) is 1. The van der Waals surface area contributed by atoms with Crippen LogP contribution in [0.2, 0.25) is 0 Å². The number of rotatable bonds is 6. The summed E-state index contributed by atoms with van der Waals surface area (Å²) >= 11 is 0. The zero-order chi connectivity index (χ0) is 14.4. The normalized spacial score (nSPS) is 12.3. The fourth-order valence-corrected chi connectivity index (χ4v) is 1.86. The van der Waals surface area contributed by atoms with Gasteiger partial charge in [0.1, 0.15) is 5.75 Å². The first-order chi connectivity index (χ1) is 8.99. The Morgan fingerprint density at radius 1 is 1.42 bits per heavy atom. The number of methoxy groups -OCH3 is 1. The molecule has 1 rings (SSSR count). The second-order valence-corrected chi connectivity index (χ2v) is 4.83. The summed E-state index contributed by atoms with van der Waals surface area (Å²) in [6.45, 7) is 6.17. The lowest BCUT2D eigenvalue weighted by Crippen LogP contribution is -2.27. The number of amides is 1. The van der Waals surface area contributed by atoms with Crippen molar-refractivity contribution in [2.24, 2.45) is 0 Å². The summed E-state index contributed by atoms with van der Waals surface area (Å²) in [5.41, 5.74) is 1.85. The molecule has 0 aliphatic carbocycles. The summed E-state index contributed by atoms with van der Waals surface area (Å²) in [5, 5.41) is 12.8. The maximum atomic E-state index is 11.2. The van der Waals surface area contributed by atoms with E-state index in [0.29, 0.717) is 12.3 Å². The van der Waals surface area contributed by atoms with Gasteiger partial charge in [-0.25, -0.2) is 0 Å². The molecule has 4 nitrogen and oxygen atoms in total. The molecule has 0 radical (unpaired) electrons. The minimum absolute atomic E-state index is 0.0587. The number of nitrogens with one attached hydrogen (secondary N) is 1. The van der Waals surface area contributed by atoms with Crippen molar-refractivity contribution in [3.8, 4) is 5.75 Å². The van der Waals surface area contributed by atoms with Crippen LogP contribution >= 0.6 is 0 Å². The van der Waals surface area contributed by atoms with E-state index in [9.17, 15) is 9.90 Å². The van der Waals surface area contributed by atoms with Gasteiger partial charge in [-0.05, 0) is 29.2 Å². The van der Waals surface area contributed by atoms with E-state index < -0.39 is 6.10 Å². The fraction of sp³-hybridized carbons (Fsp3) is 0.533. The highest BCUT2D eigenvalue weighted by Gasteiger charge is 2.13. The summed E-state index contributed by atoms with van der Waals surface area (Å²) in [6, 6.07) is 5.62. The summed E-state index contributed by atoms with van der Waals surface area (Å²) in [5.74, 6) is 1.08. The van der Waals surface area contributed by atoms with Crippen molar-refractivity contribution in [1.82, 2.24) is 5.32 Å². The Morgan fingerprint density at radius 2 is 2.11 bits per heavy atom. The van der Waals surface area contributed by atoms with E-state index >= 15 is 0 Å². The Hall–Kier alpha value is -1.55. The average molecular weight is 265 g/mol. The molecule has 1 atom stereocenters. The van der Waals surface area contributed by atoms with E-state index in [1.807, 2.05) is 18.2 Å². The van der Waals surface area contributed by atoms with Crippen molar-refractivity contribution in [2.45, 2.75) is 39.2 Å². The molecule has 0 aliphatic heterocycles. The van der Waals surface area contributed by atoms with E-state index in [4.69, 9.17) is 4.74 Å². The standard InChI is InChI=1S/C15H23NO3/c1-5-15(18)16-9-13(17)11-6-7-14(19-4)12(8-11)10(2)3/h6-8,10,13,17H,5,9H2,1-4H3,(H,16,18). The molecule has 0 aromatic heterocycles. The number of hydrogen-bond donors (Lipinski definition) is 2. The molecule has 1 aromatic rings. The van der Waals surface area contributed by atoms with Crippen LogP contribution in [0.4, 0.5) is 0 Å². The van der Waals surface area contributed by atoms with Crippen LogP contribution in [-0.4, -0.2) is 24.7 Å². The van der Waals surface area contributed by atoms with E-state index in [1.54, 1.807) is 14.0 Å². The molecule has 0 heterocycles. The topological polar surface area (TPSA) is 58.6 Å². The quantitative estimate of drug-likeness (QED) is 0.830. The predicted molar refractivity (Wildman–Crippen MR) is 75.3 cm³/mol. The van der Waals surface area contributed by atoms with E-state index in [2.05, 4.69) is 19.2 Å². The lowest BCUT2D eigenvalue weighted by atomic mass is 9.97. The predicted octanol–water partition coefficient (Wildman–Crippen LogP) is 2.38. The Kier molecular flexibility index (Phi) is 5.83. The molecule has 19 heavy (non-hydrogen) atoms. The number of hydrogen-bond acceptors (Lipinski definition) is 3. The van der Waals surface area contributed by atoms with Crippen molar-refractivity contribution in [3.05, 3.63) is 29.3 Å². The van der Waals surface area contributed by atoms with Crippen LogP contribution in [0.5, 0.6) is 5.75 Å². The van der Waals surface area contributed by atoms with Gasteiger partial charge in [0, 0.05) is 13.0 Å².